The average Bonchev–Trinajstić information content (AvgIpc) is 2.85. The minimum atomic E-state index is -1.83. The molecular formula is C24H29Cl2N3O7. The lowest BCUT2D eigenvalue weighted by molar-refractivity contribution is -0.113. The largest absolute Gasteiger partial charge is 0.394 e. The van der Waals surface area contributed by atoms with Gasteiger partial charge in [0, 0.05) is 46.7 Å². The van der Waals surface area contributed by atoms with Crippen LogP contribution in [0.2, 0.25) is 10.0 Å². The van der Waals surface area contributed by atoms with Gasteiger partial charge in [-0.2, -0.15) is 0 Å². The van der Waals surface area contributed by atoms with E-state index in [1.54, 1.807) is 24.3 Å². The van der Waals surface area contributed by atoms with Gasteiger partial charge in [0.2, 0.25) is 5.91 Å². The lowest BCUT2D eigenvalue weighted by Crippen LogP contribution is -2.49. The summed E-state index contributed by atoms with van der Waals surface area (Å²) < 4.78 is 0. The van der Waals surface area contributed by atoms with E-state index >= 15 is 0 Å². The number of halogens is 2. The average molecular weight is 542 g/mol. The van der Waals surface area contributed by atoms with Crippen LogP contribution in [0.3, 0.4) is 0 Å². The molecule has 0 saturated carbocycles. The van der Waals surface area contributed by atoms with E-state index in [1.807, 2.05) is 11.9 Å². The highest BCUT2D eigenvalue weighted by Gasteiger charge is 2.31. The Labute approximate surface area is 217 Å². The van der Waals surface area contributed by atoms with Gasteiger partial charge in [-0.3, -0.25) is 9.59 Å². The maximum absolute atomic E-state index is 12.9. The van der Waals surface area contributed by atoms with Crippen LogP contribution >= 0.6 is 23.2 Å². The zero-order valence-corrected chi connectivity index (χ0v) is 20.9. The third-order valence-electron chi connectivity index (χ3n) is 6.19. The summed E-state index contributed by atoms with van der Waals surface area (Å²) in [4.78, 5) is 27.0. The van der Waals surface area contributed by atoms with E-state index in [-0.39, 0.29) is 17.0 Å². The van der Waals surface area contributed by atoms with Crippen molar-refractivity contribution in [2.75, 3.05) is 26.7 Å². The predicted octanol–water partition coefficient (Wildman–Crippen LogP) is -0.165. The minimum Gasteiger partial charge on any atom is -0.394 e. The number of carbonyl (C=O) groups excluding carboxylic acids is 2. The highest BCUT2D eigenvalue weighted by Crippen LogP contribution is 2.38. The van der Waals surface area contributed by atoms with Gasteiger partial charge in [-0.25, -0.2) is 0 Å². The molecule has 5 atom stereocenters. The Morgan fingerprint density at radius 2 is 1.69 bits per heavy atom. The number of rotatable bonds is 9. The lowest BCUT2D eigenvalue weighted by Gasteiger charge is -2.33. The van der Waals surface area contributed by atoms with E-state index in [0.29, 0.717) is 28.7 Å². The molecule has 10 nitrogen and oxygen atoms in total. The van der Waals surface area contributed by atoms with Crippen molar-refractivity contribution in [3.05, 3.63) is 68.2 Å². The van der Waals surface area contributed by atoms with Gasteiger partial charge in [-0.15, -0.1) is 0 Å². The lowest BCUT2D eigenvalue weighted by atomic mass is 9.83. The van der Waals surface area contributed by atoms with Crippen LogP contribution in [0.15, 0.2) is 30.3 Å². The molecule has 12 heteroatoms. The summed E-state index contributed by atoms with van der Waals surface area (Å²) in [5.41, 5.74) is 8.09. The topological polar surface area (TPSA) is 177 Å². The summed E-state index contributed by atoms with van der Waals surface area (Å²) >= 11 is 12.7. The van der Waals surface area contributed by atoms with Gasteiger partial charge in [0.15, 0.2) is 0 Å². The maximum Gasteiger partial charge on any atom is 0.251 e. The number of carbonyl (C=O) groups is 2. The summed E-state index contributed by atoms with van der Waals surface area (Å²) in [5.74, 6) is -1.68. The van der Waals surface area contributed by atoms with Gasteiger partial charge >= 0.3 is 0 Å². The van der Waals surface area contributed by atoms with Crippen LogP contribution in [0.1, 0.15) is 43.3 Å². The zero-order chi connectivity index (χ0) is 26.7. The molecular weight excluding hydrogens is 513 g/mol. The molecule has 0 saturated heterocycles. The van der Waals surface area contributed by atoms with Crippen LogP contribution < -0.4 is 11.1 Å². The standard InChI is InChI=1S/C24H29Cl2N3O7/c1-29-8-16(15-5-14(25)6-18(26)17(15)9-29)11-2-12(23(27)35)4-13(3-11)24(36)28-7-19(31)21(33)22(34)20(32)10-30/h2-6,16,19-22,30-34H,7-10H2,1H3,(H2,27,35)(H,28,36). The van der Waals surface area contributed by atoms with Crippen molar-refractivity contribution in [2.24, 2.45) is 5.73 Å². The van der Waals surface area contributed by atoms with Crippen LogP contribution in [0.4, 0.5) is 0 Å². The third-order valence-corrected chi connectivity index (χ3v) is 6.75. The number of aliphatic hydroxyl groups is 5. The molecule has 36 heavy (non-hydrogen) atoms. The molecule has 2 amide bonds. The molecule has 8 N–H and O–H groups in total. The second kappa shape index (κ2) is 11.8. The molecule has 1 aliphatic rings. The fourth-order valence-corrected chi connectivity index (χ4v) is 4.81. The Morgan fingerprint density at radius 1 is 1.06 bits per heavy atom. The van der Waals surface area contributed by atoms with Crippen molar-refractivity contribution < 1.29 is 35.1 Å². The van der Waals surface area contributed by atoms with Gasteiger partial charge in [-0.05, 0) is 54.1 Å². The quantitative estimate of drug-likeness (QED) is 0.229. The Bertz CT molecular complexity index is 1130. The molecule has 0 aliphatic carbocycles. The molecule has 1 aliphatic heterocycles. The molecule has 3 rings (SSSR count). The molecule has 2 aromatic rings. The van der Waals surface area contributed by atoms with E-state index in [0.717, 1.165) is 11.1 Å². The number of nitrogens with two attached hydrogens (primary N) is 1. The number of hydrogen-bond acceptors (Lipinski definition) is 8. The fraction of sp³-hybridized carbons (Fsp3) is 0.417. The first-order valence-corrected chi connectivity index (χ1v) is 11.9. The normalized spacial score (nSPS) is 19.2. The molecule has 0 bridgehead atoms. The Balaban J connectivity index is 1.89. The summed E-state index contributed by atoms with van der Waals surface area (Å²) in [7, 11) is 1.92. The van der Waals surface area contributed by atoms with Crippen molar-refractivity contribution in [3.63, 3.8) is 0 Å². The monoisotopic (exact) mass is 541 g/mol. The summed E-state index contributed by atoms with van der Waals surface area (Å²) in [6.45, 7) is -0.147. The highest BCUT2D eigenvalue weighted by atomic mass is 35.5. The van der Waals surface area contributed by atoms with Gasteiger partial charge in [0.1, 0.15) is 18.3 Å². The Hall–Kier alpha value is -2.28. The predicted molar refractivity (Wildman–Crippen MR) is 133 cm³/mol. The Kier molecular flexibility index (Phi) is 9.31. The number of hydrogen-bond donors (Lipinski definition) is 7. The molecule has 196 valence electrons. The van der Waals surface area contributed by atoms with E-state index in [1.165, 1.54) is 6.07 Å². The van der Waals surface area contributed by atoms with Crippen LogP contribution in [-0.4, -0.2) is 93.4 Å². The van der Waals surface area contributed by atoms with Crippen molar-refractivity contribution in [2.45, 2.75) is 36.9 Å². The van der Waals surface area contributed by atoms with Crippen molar-refractivity contribution in [3.8, 4) is 0 Å². The minimum absolute atomic E-state index is 0.0850. The van der Waals surface area contributed by atoms with E-state index < -0.39 is 49.4 Å². The molecule has 5 unspecified atom stereocenters. The third kappa shape index (κ3) is 6.34. The molecule has 1 heterocycles. The van der Waals surface area contributed by atoms with Crippen molar-refractivity contribution in [1.82, 2.24) is 10.2 Å². The van der Waals surface area contributed by atoms with Crippen molar-refractivity contribution in [1.29, 1.82) is 0 Å². The SMILES string of the molecule is CN1Cc2c(Cl)cc(Cl)cc2C(c2cc(C(N)=O)cc(C(=O)NCC(O)C(O)C(O)C(O)CO)c2)C1. The maximum atomic E-state index is 12.9. The molecule has 0 fully saturated rings. The number of nitrogens with zero attached hydrogens (tertiary/aromatic N) is 1. The number of primary amides is 1. The summed E-state index contributed by atoms with van der Waals surface area (Å²) in [6.07, 6.45) is -6.97. The van der Waals surface area contributed by atoms with Crippen molar-refractivity contribution >= 4 is 35.0 Å². The first-order chi connectivity index (χ1) is 16.9. The van der Waals surface area contributed by atoms with Crippen LogP contribution in [0.25, 0.3) is 0 Å². The highest BCUT2D eigenvalue weighted by molar-refractivity contribution is 6.35. The molecule has 0 aromatic heterocycles. The smallest absolute Gasteiger partial charge is 0.251 e. The number of fused-ring (bicyclic) bond motifs is 1. The fourth-order valence-electron chi connectivity index (χ4n) is 4.24. The molecule has 2 aromatic carbocycles. The van der Waals surface area contributed by atoms with Crippen LogP contribution in [-0.2, 0) is 6.54 Å². The van der Waals surface area contributed by atoms with E-state index in [9.17, 15) is 30.0 Å². The van der Waals surface area contributed by atoms with Gasteiger partial charge < -0.3 is 41.5 Å². The second-order valence-corrected chi connectivity index (χ2v) is 9.76. The van der Waals surface area contributed by atoms with Gasteiger partial charge in [0.05, 0.1) is 12.7 Å². The number of benzene rings is 2. The second-order valence-electron chi connectivity index (χ2n) is 8.92. The number of likely N-dealkylation sites (N-methyl/N-ethyl adjacent to an activating group) is 1. The number of amides is 2. The zero-order valence-electron chi connectivity index (χ0n) is 19.4. The van der Waals surface area contributed by atoms with Gasteiger partial charge in [0.25, 0.3) is 5.91 Å². The Morgan fingerprint density at radius 3 is 2.33 bits per heavy atom. The van der Waals surface area contributed by atoms with E-state index in [4.69, 9.17) is 34.0 Å². The van der Waals surface area contributed by atoms with E-state index in [2.05, 4.69) is 5.32 Å². The van der Waals surface area contributed by atoms with Crippen LogP contribution in [0.5, 0.6) is 0 Å². The molecule has 0 spiro atoms. The molecule has 0 radical (unpaired) electrons. The first kappa shape index (κ1) is 28.3. The van der Waals surface area contributed by atoms with Gasteiger partial charge in [-0.1, -0.05) is 23.2 Å². The summed E-state index contributed by atoms with van der Waals surface area (Å²) in [6, 6.07) is 7.98. The summed E-state index contributed by atoms with van der Waals surface area (Å²) in [5, 5.41) is 51.5. The van der Waals surface area contributed by atoms with Crippen LogP contribution in [0, 0.1) is 0 Å². The first-order valence-electron chi connectivity index (χ1n) is 11.1. The number of aliphatic hydroxyl groups excluding tert-OH is 5. The number of nitrogens with one attached hydrogen (secondary N) is 1.